The van der Waals surface area contributed by atoms with Gasteiger partial charge in [-0.1, -0.05) is 28.1 Å². The van der Waals surface area contributed by atoms with E-state index in [0.29, 0.717) is 6.42 Å². The van der Waals surface area contributed by atoms with Gasteiger partial charge in [-0.25, -0.2) is 0 Å². The van der Waals surface area contributed by atoms with E-state index in [1.807, 2.05) is 24.3 Å². The summed E-state index contributed by atoms with van der Waals surface area (Å²) in [5.74, 6) is -0.0169. The molecule has 94 valence electrons. The van der Waals surface area contributed by atoms with E-state index in [9.17, 15) is 4.79 Å². The normalized spacial score (nSPS) is 22.4. The van der Waals surface area contributed by atoms with Gasteiger partial charge in [-0.05, 0) is 37.0 Å². The van der Waals surface area contributed by atoms with Gasteiger partial charge in [0.25, 0.3) is 0 Å². The number of hydrogen-bond acceptors (Lipinski definition) is 2. The van der Waals surface area contributed by atoms with Crippen molar-refractivity contribution in [2.75, 3.05) is 0 Å². The van der Waals surface area contributed by atoms with E-state index in [2.05, 4.69) is 27.3 Å². The van der Waals surface area contributed by atoms with Crippen LogP contribution in [0.2, 0.25) is 0 Å². The fraction of sp³-hybridized carbons (Fsp3) is 0.429. The van der Waals surface area contributed by atoms with Gasteiger partial charge >= 0.3 is 0 Å². The summed E-state index contributed by atoms with van der Waals surface area (Å²) in [5, 5.41) is 11.9. The number of hydrogen-bond donors (Lipinski definition) is 1. The Labute approximate surface area is 115 Å². The maximum Gasteiger partial charge on any atom is 0.224 e. The van der Waals surface area contributed by atoms with E-state index in [-0.39, 0.29) is 17.9 Å². The van der Waals surface area contributed by atoms with Crippen LogP contribution in [0.3, 0.4) is 0 Å². The molecule has 1 aliphatic carbocycles. The van der Waals surface area contributed by atoms with E-state index in [1.165, 1.54) is 0 Å². The Bertz CT molecular complexity index is 481. The molecule has 0 heterocycles. The van der Waals surface area contributed by atoms with Crippen LogP contribution < -0.4 is 5.32 Å². The van der Waals surface area contributed by atoms with Crippen molar-refractivity contribution in [3.63, 3.8) is 0 Å². The first-order valence-corrected chi connectivity index (χ1v) is 6.92. The fourth-order valence-corrected chi connectivity index (χ4v) is 2.82. The molecule has 0 radical (unpaired) electrons. The zero-order chi connectivity index (χ0) is 13.0. The molecule has 0 aromatic heterocycles. The number of nitrogens with one attached hydrogen (secondary N) is 1. The molecule has 0 aliphatic heterocycles. The zero-order valence-electron chi connectivity index (χ0n) is 10.0. The third-order valence-corrected chi connectivity index (χ3v) is 3.78. The first-order chi connectivity index (χ1) is 8.69. The second-order valence-electron chi connectivity index (χ2n) is 4.65. The van der Waals surface area contributed by atoms with Crippen molar-refractivity contribution in [1.29, 1.82) is 5.26 Å². The lowest BCUT2D eigenvalue weighted by Crippen LogP contribution is -2.37. The van der Waals surface area contributed by atoms with Crippen molar-refractivity contribution in [3.8, 4) is 6.07 Å². The molecule has 1 aliphatic rings. The van der Waals surface area contributed by atoms with Crippen molar-refractivity contribution in [2.24, 2.45) is 5.92 Å². The molecule has 1 aromatic rings. The smallest absolute Gasteiger partial charge is 0.224 e. The number of benzene rings is 1. The van der Waals surface area contributed by atoms with Crippen LogP contribution in [0.25, 0.3) is 0 Å². The van der Waals surface area contributed by atoms with Crippen LogP contribution in [-0.4, -0.2) is 11.9 Å². The molecule has 1 fully saturated rings. The molecular formula is C14H15BrN2O. The quantitative estimate of drug-likeness (QED) is 0.933. The predicted molar refractivity (Wildman–Crippen MR) is 72.7 cm³/mol. The Balaban J connectivity index is 1.91. The zero-order valence-corrected chi connectivity index (χ0v) is 11.6. The van der Waals surface area contributed by atoms with Crippen LogP contribution in [0.1, 0.15) is 24.8 Å². The van der Waals surface area contributed by atoms with Gasteiger partial charge in [-0.3, -0.25) is 4.79 Å². The third-order valence-electron chi connectivity index (χ3n) is 3.28. The van der Waals surface area contributed by atoms with E-state index in [0.717, 1.165) is 29.3 Å². The molecule has 1 N–H and O–H groups in total. The van der Waals surface area contributed by atoms with Gasteiger partial charge in [-0.2, -0.15) is 5.26 Å². The highest BCUT2D eigenvalue weighted by Gasteiger charge is 2.28. The Morgan fingerprint density at radius 1 is 1.50 bits per heavy atom. The number of halogens is 1. The number of nitriles is 1. The monoisotopic (exact) mass is 306 g/mol. The average Bonchev–Trinajstić information content (AvgIpc) is 2.76. The van der Waals surface area contributed by atoms with Crippen molar-refractivity contribution in [1.82, 2.24) is 5.32 Å². The first kappa shape index (κ1) is 13.1. The maximum absolute atomic E-state index is 11.9. The van der Waals surface area contributed by atoms with Gasteiger partial charge in [0.15, 0.2) is 0 Å². The SMILES string of the molecule is N#CC1CCCC1NC(=O)Cc1cccc(Br)c1. The molecule has 0 bridgehead atoms. The topological polar surface area (TPSA) is 52.9 Å². The molecule has 1 saturated carbocycles. The van der Waals surface area contributed by atoms with Crippen molar-refractivity contribution < 1.29 is 4.79 Å². The van der Waals surface area contributed by atoms with E-state index < -0.39 is 0 Å². The van der Waals surface area contributed by atoms with E-state index >= 15 is 0 Å². The predicted octanol–water partition coefficient (Wildman–Crippen LogP) is 2.80. The third kappa shape index (κ3) is 3.33. The number of carbonyl (C=O) groups is 1. The molecular weight excluding hydrogens is 292 g/mol. The Morgan fingerprint density at radius 2 is 2.33 bits per heavy atom. The Hall–Kier alpha value is -1.34. The van der Waals surface area contributed by atoms with Crippen LogP contribution in [0.4, 0.5) is 0 Å². The lowest BCUT2D eigenvalue weighted by molar-refractivity contribution is -0.121. The Morgan fingerprint density at radius 3 is 3.06 bits per heavy atom. The molecule has 2 rings (SSSR count). The first-order valence-electron chi connectivity index (χ1n) is 6.12. The molecule has 2 atom stereocenters. The second kappa shape index (κ2) is 6.01. The van der Waals surface area contributed by atoms with E-state index in [1.54, 1.807) is 0 Å². The van der Waals surface area contributed by atoms with Gasteiger partial charge < -0.3 is 5.32 Å². The highest BCUT2D eigenvalue weighted by molar-refractivity contribution is 9.10. The highest BCUT2D eigenvalue weighted by Crippen LogP contribution is 2.24. The number of rotatable bonds is 3. The summed E-state index contributed by atoms with van der Waals surface area (Å²) in [6, 6.07) is 10.0. The minimum atomic E-state index is -0.0172. The van der Waals surface area contributed by atoms with Crippen molar-refractivity contribution in [2.45, 2.75) is 31.7 Å². The van der Waals surface area contributed by atoms with Gasteiger partial charge in [0.05, 0.1) is 18.4 Å². The number of amides is 1. The van der Waals surface area contributed by atoms with Crippen LogP contribution in [-0.2, 0) is 11.2 Å². The largest absolute Gasteiger partial charge is 0.352 e. The standard InChI is InChI=1S/C14H15BrN2O/c15-12-5-1-3-10(7-12)8-14(18)17-13-6-2-4-11(13)9-16/h1,3,5,7,11,13H,2,4,6,8H2,(H,17,18). The van der Waals surface area contributed by atoms with Crippen LogP contribution >= 0.6 is 15.9 Å². The van der Waals surface area contributed by atoms with Crippen LogP contribution in [0.5, 0.6) is 0 Å². The minimum absolute atomic E-state index is 0.000231. The molecule has 2 unspecified atom stereocenters. The van der Waals surface area contributed by atoms with Gasteiger partial charge in [0.1, 0.15) is 0 Å². The highest BCUT2D eigenvalue weighted by atomic mass is 79.9. The van der Waals surface area contributed by atoms with Gasteiger partial charge in [0.2, 0.25) is 5.91 Å². The van der Waals surface area contributed by atoms with Crippen molar-refractivity contribution >= 4 is 21.8 Å². The van der Waals surface area contributed by atoms with Crippen molar-refractivity contribution in [3.05, 3.63) is 34.3 Å². The second-order valence-corrected chi connectivity index (χ2v) is 5.56. The molecule has 0 saturated heterocycles. The Kier molecular flexibility index (Phi) is 4.38. The lowest BCUT2D eigenvalue weighted by atomic mass is 10.1. The lowest BCUT2D eigenvalue weighted by Gasteiger charge is -2.15. The van der Waals surface area contributed by atoms with Gasteiger partial charge in [0, 0.05) is 10.5 Å². The van der Waals surface area contributed by atoms with Gasteiger partial charge in [-0.15, -0.1) is 0 Å². The summed E-state index contributed by atoms with van der Waals surface area (Å²) in [6.07, 6.45) is 3.22. The van der Waals surface area contributed by atoms with E-state index in [4.69, 9.17) is 5.26 Å². The summed E-state index contributed by atoms with van der Waals surface area (Å²) in [4.78, 5) is 11.9. The summed E-state index contributed by atoms with van der Waals surface area (Å²) >= 11 is 3.39. The number of carbonyl (C=O) groups excluding carboxylic acids is 1. The maximum atomic E-state index is 11.9. The fourth-order valence-electron chi connectivity index (χ4n) is 2.38. The molecule has 1 amide bonds. The molecule has 18 heavy (non-hydrogen) atoms. The average molecular weight is 307 g/mol. The van der Waals surface area contributed by atoms with Crippen LogP contribution in [0.15, 0.2) is 28.7 Å². The molecule has 0 spiro atoms. The minimum Gasteiger partial charge on any atom is -0.352 e. The van der Waals surface area contributed by atoms with Crippen LogP contribution in [0, 0.1) is 17.2 Å². The summed E-state index contributed by atoms with van der Waals surface area (Å²) in [5.41, 5.74) is 0.980. The summed E-state index contributed by atoms with van der Waals surface area (Å²) in [7, 11) is 0. The summed E-state index contributed by atoms with van der Waals surface area (Å²) in [6.45, 7) is 0. The molecule has 4 heteroatoms. The number of nitrogens with zero attached hydrogens (tertiary/aromatic N) is 1. The molecule has 3 nitrogen and oxygen atoms in total. The molecule has 1 aromatic carbocycles. The summed E-state index contributed by atoms with van der Waals surface area (Å²) < 4.78 is 0.976.